The fourth-order valence-corrected chi connectivity index (χ4v) is 6.22. The Morgan fingerprint density at radius 1 is 1.18 bits per heavy atom. The molecule has 3 unspecified atom stereocenters. The van der Waals surface area contributed by atoms with Gasteiger partial charge in [-0.3, -0.25) is 4.79 Å². The van der Waals surface area contributed by atoms with Crippen LogP contribution in [0.4, 0.5) is 30.4 Å². The van der Waals surface area contributed by atoms with E-state index in [0.717, 1.165) is 25.0 Å². The van der Waals surface area contributed by atoms with Crippen LogP contribution in [0.25, 0.3) is 0 Å². The molecule has 0 radical (unpaired) electrons. The lowest BCUT2D eigenvalue weighted by atomic mass is 9.88. The minimum atomic E-state index is -4.60. The molecule has 1 fully saturated rings. The third-order valence-electron chi connectivity index (χ3n) is 8.23. The molecule has 3 heterocycles. The van der Waals surface area contributed by atoms with Gasteiger partial charge in [0.05, 0.1) is 17.1 Å². The Morgan fingerprint density at radius 3 is 2.75 bits per heavy atom. The fraction of sp³-hybridized carbons (Fsp3) is 0.452. The molecule has 2 N–H and O–H groups in total. The number of amides is 1. The lowest BCUT2D eigenvalue weighted by Crippen LogP contribution is -2.33. The number of alkyl halides is 3. The molecule has 44 heavy (non-hydrogen) atoms. The molecular formula is C31H35ClF3N5O3S. The fourth-order valence-electron chi connectivity index (χ4n) is 5.41. The average molecular weight is 650 g/mol. The van der Waals surface area contributed by atoms with Gasteiger partial charge in [0, 0.05) is 35.3 Å². The van der Waals surface area contributed by atoms with Gasteiger partial charge in [-0.1, -0.05) is 32.4 Å². The Kier molecular flexibility index (Phi) is 9.69. The van der Waals surface area contributed by atoms with Crippen LogP contribution in [-0.2, 0) is 6.18 Å². The molecule has 0 spiro atoms. The van der Waals surface area contributed by atoms with E-state index in [0.29, 0.717) is 49.4 Å². The summed E-state index contributed by atoms with van der Waals surface area (Å²) in [5.74, 6) is 1.22. The predicted molar refractivity (Wildman–Crippen MR) is 169 cm³/mol. The Bertz CT molecular complexity index is 1510. The van der Waals surface area contributed by atoms with E-state index in [1.165, 1.54) is 24.5 Å². The highest BCUT2D eigenvalue weighted by molar-refractivity contribution is 7.81. The summed E-state index contributed by atoms with van der Waals surface area (Å²) in [7, 11) is 0. The van der Waals surface area contributed by atoms with Crippen molar-refractivity contribution in [2.75, 3.05) is 41.8 Å². The van der Waals surface area contributed by atoms with Crippen molar-refractivity contribution in [3.05, 3.63) is 58.9 Å². The summed E-state index contributed by atoms with van der Waals surface area (Å²) in [4.78, 5) is 23.6. The third kappa shape index (κ3) is 7.46. The normalized spacial score (nSPS) is 22.4. The molecular weight excluding hydrogens is 615 g/mol. The first-order valence-corrected chi connectivity index (χ1v) is 15.4. The Morgan fingerprint density at radius 2 is 1.98 bits per heavy atom. The van der Waals surface area contributed by atoms with Crippen molar-refractivity contribution < 1.29 is 27.4 Å². The largest absolute Gasteiger partial charge is 0.483 e. The highest BCUT2D eigenvalue weighted by Crippen LogP contribution is 2.39. The van der Waals surface area contributed by atoms with Crippen molar-refractivity contribution in [1.82, 2.24) is 9.97 Å². The summed E-state index contributed by atoms with van der Waals surface area (Å²) < 4.78 is 53.7. The molecule has 2 aromatic carbocycles. The number of nitrogens with one attached hydrogen (secondary N) is 2. The van der Waals surface area contributed by atoms with Crippen LogP contribution in [-0.4, -0.2) is 47.4 Å². The van der Waals surface area contributed by atoms with E-state index in [-0.39, 0.29) is 45.0 Å². The number of carbonyl (C=O) groups excluding carboxylic acids is 1. The van der Waals surface area contributed by atoms with Crippen molar-refractivity contribution in [1.29, 1.82) is 0 Å². The molecule has 1 saturated heterocycles. The Hall–Kier alpha value is -3.38. The van der Waals surface area contributed by atoms with Crippen LogP contribution < -0.4 is 25.0 Å². The number of hydrogen-bond acceptors (Lipinski definition) is 8. The number of halogens is 4. The van der Waals surface area contributed by atoms with E-state index < -0.39 is 17.6 Å². The van der Waals surface area contributed by atoms with Gasteiger partial charge in [0.25, 0.3) is 11.8 Å². The van der Waals surface area contributed by atoms with Crippen molar-refractivity contribution in [3.63, 3.8) is 0 Å². The lowest BCUT2D eigenvalue weighted by Gasteiger charge is -2.31. The topological polar surface area (TPSA) is 88.6 Å². The maximum absolute atomic E-state index is 14.1. The minimum Gasteiger partial charge on any atom is -0.483 e. The van der Waals surface area contributed by atoms with Gasteiger partial charge < -0.3 is 25.0 Å². The second-order valence-corrected chi connectivity index (χ2v) is 12.6. The zero-order chi connectivity index (χ0) is 31.6. The number of rotatable bonds is 5. The van der Waals surface area contributed by atoms with Gasteiger partial charge in [0.2, 0.25) is 5.75 Å². The number of anilines is 3. The number of aromatic nitrogens is 2. The molecule has 0 saturated carbocycles. The zero-order valence-electron chi connectivity index (χ0n) is 24.6. The molecule has 8 nitrogen and oxygen atoms in total. The second-order valence-electron chi connectivity index (χ2n) is 11.6. The summed E-state index contributed by atoms with van der Waals surface area (Å²) in [5.41, 5.74) is -0.277. The molecule has 0 bridgehead atoms. The Balaban J connectivity index is 1.41. The summed E-state index contributed by atoms with van der Waals surface area (Å²) in [6.07, 6.45) is -1.54. The van der Waals surface area contributed by atoms with Gasteiger partial charge in [-0.15, -0.1) is 0 Å². The molecule has 4 atom stereocenters. The van der Waals surface area contributed by atoms with Gasteiger partial charge in [-0.2, -0.15) is 30.8 Å². The van der Waals surface area contributed by atoms with Gasteiger partial charge >= 0.3 is 6.18 Å². The van der Waals surface area contributed by atoms with Crippen LogP contribution in [0.3, 0.4) is 0 Å². The van der Waals surface area contributed by atoms with Crippen LogP contribution in [0.5, 0.6) is 17.4 Å². The second kappa shape index (κ2) is 13.3. The van der Waals surface area contributed by atoms with E-state index in [4.69, 9.17) is 33.7 Å². The summed E-state index contributed by atoms with van der Waals surface area (Å²) in [6, 6.07) is 8.03. The van der Waals surface area contributed by atoms with Gasteiger partial charge in [-0.25, -0.2) is 4.98 Å². The van der Waals surface area contributed by atoms with Crippen LogP contribution in [0.15, 0.2) is 42.7 Å². The predicted octanol–water partition coefficient (Wildman–Crippen LogP) is 7.80. The molecule has 1 aromatic heterocycles. The highest BCUT2D eigenvalue weighted by atomic mass is 35.5. The number of nitrogens with zero attached hydrogens (tertiary/aromatic N) is 3. The average Bonchev–Trinajstić information content (AvgIpc) is 3.03. The smallest absolute Gasteiger partial charge is 0.416 e. The van der Waals surface area contributed by atoms with Gasteiger partial charge in [-0.05, 0) is 67.0 Å². The summed E-state index contributed by atoms with van der Waals surface area (Å²) >= 11 is 11.2. The minimum absolute atomic E-state index is 0.0299. The summed E-state index contributed by atoms with van der Waals surface area (Å²) in [6.45, 7) is 8.52. The molecule has 236 valence electrons. The number of ether oxygens (including phenoxy) is 2. The molecule has 13 heteroatoms. The molecule has 3 aromatic rings. The first kappa shape index (κ1) is 32.0. The lowest BCUT2D eigenvalue weighted by molar-refractivity contribution is -0.137. The standard InChI is InChI=1S/C31H35ClF3N5O3S/c1-17-6-8-40(15-18(2)19(3)26(44)10-17)23-13-21(31(33,34)35)12-22(14-23)39-29(41)20-4-5-24(32)25(11-20)43-30-27-28(37-16-38-30)36-7-9-42-27/h4-5,11-14,16-19,26,44H,6-10,15H2,1-3H3,(H,39,41)(H,36,37,38)/t17?,18-,19?,26?/m0/s1. The monoisotopic (exact) mass is 649 g/mol. The van der Waals surface area contributed by atoms with Crippen molar-refractivity contribution >= 4 is 47.3 Å². The van der Waals surface area contributed by atoms with E-state index >= 15 is 0 Å². The van der Waals surface area contributed by atoms with Crippen molar-refractivity contribution in [2.45, 2.75) is 45.0 Å². The van der Waals surface area contributed by atoms with Crippen LogP contribution in [0.2, 0.25) is 5.02 Å². The van der Waals surface area contributed by atoms with Crippen molar-refractivity contribution in [3.8, 4) is 17.4 Å². The quantitative estimate of drug-likeness (QED) is 0.243. The Labute approximate surface area is 265 Å². The maximum atomic E-state index is 14.1. The molecule has 0 aliphatic carbocycles. The number of fused-ring (bicyclic) bond motifs is 1. The molecule has 1 amide bonds. The molecule has 2 aliphatic rings. The van der Waals surface area contributed by atoms with Crippen LogP contribution in [0.1, 0.15) is 49.5 Å². The zero-order valence-corrected chi connectivity index (χ0v) is 26.3. The number of thiol groups is 1. The van der Waals surface area contributed by atoms with E-state index in [1.54, 1.807) is 6.07 Å². The molecule has 5 rings (SSSR count). The number of hydrogen-bond donors (Lipinski definition) is 3. The molecule has 2 aliphatic heterocycles. The van der Waals surface area contributed by atoms with Crippen LogP contribution in [0, 0.1) is 17.8 Å². The van der Waals surface area contributed by atoms with E-state index in [1.807, 2.05) is 4.90 Å². The number of benzene rings is 2. The summed E-state index contributed by atoms with van der Waals surface area (Å²) in [5, 5.41) is 6.15. The van der Waals surface area contributed by atoms with Crippen LogP contribution >= 0.6 is 24.2 Å². The van der Waals surface area contributed by atoms with Crippen molar-refractivity contribution in [2.24, 2.45) is 17.8 Å². The highest BCUT2D eigenvalue weighted by Gasteiger charge is 2.33. The van der Waals surface area contributed by atoms with E-state index in [9.17, 15) is 18.0 Å². The van der Waals surface area contributed by atoms with Gasteiger partial charge in [0.15, 0.2) is 5.82 Å². The SMILES string of the molecule is CC1CCN(c2cc(NC(=O)c3ccc(Cl)c(Oc4ncnc5c4OCCN5)c3)cc(C(F)(F)F)c2)C[C@H](C)C(C)C(S)C1. The van der Waals surface area contributed by atoms with E-state index in [2.05, 4.69) is 41.4 Å². The third-order valence-corrected chi connectivity index (χ3v) is 9.22. The number of carbonyl (C=O) groups is 1. The maximum Gasteiger partial charge on any atom is 0.416 e. The first-order valence-electron chi connectivity index (χ1n) is 14.5. The van der Waals surface area contributed by atoms with Gasteiger partial charge in [0.1, 0.15) is 18.7 Å². The first-order chi connectivity index (χ1) is 20.9.